The van der Waals surface area contributed by atoms with Crippen LogP contribution < -0.4 is 15.8 Å². The van der Waals surface area contributed by atoms with E-state index in [4.69, 9.17) is 10.5 Å². The number of hydrogen-bond acceptors (Lipinski definition) is 3. The van der Waals surface area contributed by atoms with E-state index in [-0.39, 0.29) is 5.91 Å². The van der Waals surface area contributed by atoms with Gasteiger partial charge in [0.15, 0.2) is 0 Å². The summed E-state index contributed by atoms with van der Waals surface area (Å²) in [6.45, 7) is 1.84. The molecule has 108 valence electrons. The molecule has 1 amide bonds. The van der Waals surface area contributed by atoms with Crippen molar-refractivity contribution < 1.29 is 9.53 Å². The van der Waals surface area contributed by atoms with E-state index in [0.717, 1.165) is 51.0 Å². The van der Waals surface area contributed by atoms with E-state index in [1.807, 2.05) is 0 Å². The third-order valence-electron chi connectivity index (χ3n) is 4.32. The van der Waals surface area contributed by atoms with Crippen LogP contribution in [0.25, 0.3) is 0 Å². The molecule has 4 nitrogen and oxygen atoms in total. The molecule has 0 radical (unpaired) electrons. The second-order valence-electron chi connectivity index (χ2n) is 5.75. The molecule has 1 unspecified atom stereocenters. The molecule has 4 heteroatoms. The van der Waals surface area contributed by atoms with Gasteiger partial charge in [0.05, 0.1) is 6.61 Å². The van der Waals surface area contributed by atoms with Crippen molar-refractivity contribution >= 4 is 11.6 Å². The maximum Gasteiger partial charge on any atom is 0.217 e. The number of fused-ring (bicyclic) bond motifs is 3. The van der Waals surface area contributed by atoms with E-state index in [0.29, 0.717) is 12.3 Å². The molecule has 0 aromatic heterocycles. The van der Waals surface area contributed by atoms with Gasteiger partial charge in [-0.1, -0.05) is 6.42 Å². The van der Waals surface area contributed by atoms with Crippen LogP contribution in [0.15, 0.2) is 12.1 Å². The number of benzene rings is 1. The Labute approximate surface area is 119 Å². The molecule has 2 aliphatic rings. The average Bonchev–Trinajstić information content (AvgIpc) is 2.87. The number of carbonyl (C=O) groups is 1. The maximum atomic E-state index is 10.8. The number of anilines is 1. The second kappa shape index (κ2) is 5.73. The van der Waals surface area contributed by atoms with Crippen molar-refractivity contribution in [2.45, 2.75) is 44.4 Å². The predicted octanol–water partition coefficient (Wildman–Crippen LogP) is 2.57. The average molecular weight is 274 g/mol. The van der Waals surface area contributed by atoms with Gasteiger partial charge in [0.1, 0.15) is 5.75 Å². The van der Waals surface area contributed by atoms with Crippen LogP contribution in [0.5, 0.6) is 5.75 Å². The van der Waals surface area contributed by atoms with Crippen molar-refractivity contribution in [3.63, 3.8) is 0 Å². The van der Waals surface area contributed by atoms with Gasteiger partial charge in [0.25, 0.3) is 0 Å². The largest absolute Gasteiger partial charge is 0.493 e. The zero-order chi connectivity index (χ0) is 13.9. The summed E-state index contributed by atoms with van der Waals surface area (Å²) in [6, 6.07) is 4.23. The van der Waals surface area contributed by atoms with E-state index in [9.17, 15) is 4.79 Å². The monoisotopic (exact) mass is 274 g/mol. The van der Waals surface area contributed by atoms with Crippen LogP contribution in [0, 0.1) is 0 Å². The highest BCUT2D eigenvalue weighted by molar-refractivity contribution is 5.73. The van der Waals surface area contributed by atoms with Crippen molar-refractivity contribution in [2.75, 3.05) is 18.5 Å². The van der Waals surface area contributed by atoms with Crippen LogP contribution in [0.4, 0.5) is 5.69 Å². The Morgan fingerprint density at radius 2 is 2.30 bits per heavy atom. The van der Waals surface area contributed by atoms with Gasteiger partial charge in [-0.3, -0.25) is 4.79 Å². The highest BCUT2D eigenvalue weighted by Crippen LogP contribution is 2.42. The van der Waals surface area contributed by atoms with Gasteiger partial charge in [-0.25, -0.2) is 0 Å². The number of rotatable bonds is 5. The van der Waals surface area contributed by atoms with Crippen molar-refractivity contribution in [3.05, 3.63) is 23.3 Å². The smallest absolute Gasteiger partial charge is 0.217 e. The molecule has 1 aromatic carbocycles. The highest BCUT2D eigenvalue weighted by atomic mass is 16.5. The summed E-state index contributed by atoms with van der Waals surface area (Å²) in [5.74, 6) is 1.43. The van der Waals surface area contributed by atoms with E-state index < -0.39 is 0 Å². The summed E-state index contributed by atoms with van der Waals surface area (Å²) in [5, 5.41) is 3.50. The molecule has 0 spiro atoms. The molecule has 2 aliphatic heterocycles. The van der Waals surface area contributed by atoms with Crippen molar-refractivity contribution in [3.8, 4) is 5.75 Å². The highest BCUT2D eigenvalue weighted by Gasteiger charge is 2.28. The molecule has 3 rings (SSSR count). The van der Waals surface area contributed by atoms with Crippen molar-refractivity contribution in [1.82, 2.24) is 0 Å². The number of amides is 1. The molecule has 3 N–H and O–H groups in total. The van der Waals surface area contributed by atoms with Crippen molar-refractivity contribution in [2.24, 2.45) is 5.73 Å². The minimum absolute atomic E-state index is 0.194. The quantitative estimate of drug-likeness (QED) is 0.811. The molecule has 2 heterocycles. The summed E-state index contributed by atoms with van der Waals surface area (Å²) < 4.78 is 5.77. The van der Waals surface area contributed by atoms with Crippen LogP contribution in [0.3, 0.4) is 0 Å². The third kappa shape index (κ3) is 2.60. The standard InChI is InChI=1S/C16H22N2O2/c17-15(19)6-2-1-4-11-10-18-13-7-8-14-12(16(11)13)5-3-9-20-14/h7-8,11,18H,1-6,9-10H2,(H2,17,19). The van der Waals surface area contributed by atoms with Gasteiger partial charge in [-0.05, 0) is 48.9 Å². The number of ether oxygens (including phenoxy) is 1. The van der Waals surface area contributed by atoms with Gasteiger partial charge in [-0.15, -0.1) is 0 Å². The second-order valence-corrected chi connectivity index (χ2v) is 5.75. The molecule has 0 aliphatic carbocycles. The first-order valence-corrected chi connectivity index (χ1v) is 7.56. The first kappa shape index (κ1) is 13.3. The third-order valence-corrected chi connectivity index (χ3v) is 4.32. The Hall–Kier alpha value is -1.71. The Morgan fingerprint density at radius 3 is 3.15 bits per heavy atom. The van der Waals surface area contributed by atoms with E-state index in [1.165, 1.54) is 16.8 Å². The number of hydrogen-bond donors (Lipinski definition) is 2. The summed E-state index contributed by atoms with van der Waals surface area (Å²) in [4.78, 5) is 10.8. The minimum Gasteiger partial charge on any atom is -0.493 e. The molecular formula is C16H22N2O2. The molecule has 0 bridgehead atoms. The van der Waals surface area contributed by atoms with E-state index >= 15 is 0 Å². The number of primary amides is 1. The number of unbranched alkanes of at least 4 members (excludes halogenated alkanes) is 1. The number of nitrogens with two attached hydrogens (primary N) is 1. The molecule has 0 fully saturated rings. The zero-order valence-corrected chi connectivity index (χ0v) is 11.8. The lowest BCUT2D eigenvalue weighted by atomic mass is 9.88. The molecule has 0 saturated carbocycles. The Kier molecular flexibility index (Phi) is 3.81. The maximum absolute atomic E-state index is 10.8. The number of carbonyl (C=O) groups excluding carboxylic acids is 1. The van der Waals surface area contributed by atoms with Crippen LogP contribution >= 0.6 is 0 Å². The summed E-state index contributed by atoms with van der Waals surface area (Å²) >= 11 is 0. The molecule has 20 heavy (non-hydrogen) atoms. The predicted molar refractivity (Wildman–Crippen MR) is 79.2 cm³/mol. The van der Waals surface area contributed by atoms with Crippen LogP contribution in [0.1, 0.15) is 49.1 Å². The summed E-state index contributed by atoms with van der Waals surface area (Å²) in [5.41, 5.74) is 9.32. The Morgan fingerprint density at radius 1 is 1.40 bits per heavy atom. The fourth-order valence-electron chi connectivity index (χ4n) is 3.36. The van der Waals surface area contributed by atoms with Gasteiger partial charge in [0, 0.05) is 24.6 Å². The Bertz CT molecular complexity index is 513. The minimum atomic E-state index is -0.194. The van der Waals surface area contributed by atoms with Crippen molar-refractivity contribution in [1.29, 1.82) is 0 Å². The molecular weight excluding hydrogens is 252 g/mol. The normalized spacial score (nSPS) is 19.7. The van der Waals surface area contributed by atoms with E-state index in [2.05, 4.69) is 17.4 Å². The first-order chi connectivity index (χ1) is 9.75. The fraction of sp³-hybridized carbons (Fsp3) is 0.562. The van der Waals surface area contributed by atoms with Gasteiger partial charge in [-0.2, -0.15) is 0 Å². The lowest BCUT2D eigenvalue weighted by molar-refractivity contribution is -0.118. The van der Waals surface area contributed by atoms with Gasteiger partial charge < -0.3 is 15.8 Å². The lowest BCUT2D eigenvalue weighted by Gasteiger charge is -2.22. The first-order valence-electron chi connectivity index (χ1n) is 7.56. The van der Waals surface area contributed by atoms with Crippen LogP contribution in [0.2, 0.25) is 0 Å². The fourth-order valence-corrected chi connectivity index (χ4v) is 3.36. The molecule has 1 atom stereocenters. The van der Waals surface area contributed by atoms with Gasteiger partial charge in [0.2, 0.25) is 5.91 Å². The SMILES string of the molecule is NC(=O)CCCCC1CNc2ccc3c(c21)CCCO3. The zero-order valence-electron chi connectivity index (χ0n) is 11.8. The van der Waals surface area contributed by atoms with Crippen LogP contribution in [-0.4, -0.2) is 19.1 Å². The van der Waals surface area contributed by atoms with E-state index in [1.54, 1.807) is 0 Å². The molecule has 1 aromatic rings. The Balaban J connectivity index is 1.70. The summed E-state index contributed by atoms with van der Waals surface area (Å²) in [6.07, 6.45) is 5.80. The molecule has 0 saturated heterocycles. The topological polar surface area (TPSA) is 64.4 Å². The number of nitrogens with one attached hydrogen (secondary N) is 1. The summed E-state index contributed by atoms with van der Waals surface area (Å²) in [7, 11) is 0. The van der Waals surface area contributed by atoms with Gasteiger partial charge >= 0.3 is 0 Å². The van der Waals surface area contributed by atoms with Crippen LogP contribution in [-0.2, 0) is 11.2 Å². The lowest BCUT2D eigenvalue weighted by Crippen LogP contribution is -2.12.